The van der Waals surface area contributed by atoms with E-state index in [4.69, 9.17) is 15.7 Å². The molecule has 0 aliphatic carbocycles. The van der Waals surface area contributed by atoms with Gasteiger partial charge in [0.05, 0.1) is 41.0 Å². The molecule has 1 aromatic carbocycles. The zero-order valence-corrected chi connectivity index (χ0v) is 18.9. The van der Waals surface area contributed by atoms with Crippen molar-refractivity contribution in [2.45, 2.75) is 6.04 Å². The first-order valence-electron chi connectivity index (χ1n) is 11.4. The van der Waals surface area contributed by atoms with Crippen LogP contribution in [0.4, 0.5) is 10.2 Å². The number of halogens is 1. The highest BCUT2D eigenvalue weighted by atomic mass is 19.1. The fourth-order valence-electron chi connectivity index (χ4n) is 4.44. The number of aromatic nitrogens is 8. The molecule has 10 nitrogen and oxygen atoms in total. The van der Waals surface area contributed by atoms with Gasteiger partial charge in [-0.1, -0.05) is 0 Å². The minimum atomic E-state index is -0.301. The van der Waals surface area contributed by atoms with Gasteiger partial charge in [-0.2, -0.15) is 5.10 Å². The number of rotatable bonds is 4. The Morgan fingerprint density at radius 2 is 1.78 bits per heavy atom. The molecule has 0 unspecified atom stereocenters. The van der Waals surface area contributed by atoms with E-state index in [0.29, 0.717) is 34.1 Å². The second-order valence-corrected chi connectivity index (χ2v) is 8.76. The molecule has 1 saturated heterocycles. The van der Waals surface area contributed by atoms with Crippen LogP contribution in [-0.2, 0) is 0 Å². The summed E-state index contributed by atoms with van der Waals surface area (Å²) in [5.74, 6) is 1.06. The van der Waals surface area contributed by atoms with Gasteiger partial charge in [0.1, 0.15) is 28.5 Å². The summed E-state index contributed by atoms with van der Waals surface area (Å²) in [6.45, 7) is 1.52. The number of fused-ring (bicyclic) bond motifs is 2. The Morgan fingerprint density at radius 3 is 2.61 bits per heavy atom. The lowest BCUT2D eigenvalue weighted by atomic mass is 10.1. The molecule has 4 N–H and O–H groups in total. The molecule has 5 aromatic heterocycles. The minimum absolute atomic E-state index is 0.168. The van der Waals surface area contributed by atoms with E-state index in [-0.39, 0.29) is 11.9 Å². The third-order valence-corrected chi connectivity index (χ3v) is 6.31. The first kappa shape index (κ1) is 20.6. The highest BCUT2D eigenvalue weighted by molar-refractivity contribution is 5.96. The summed E-state index contributed by atoms with van der Waals surface area (Å²) in [5, 5.41) is 8.37. The second-order valence-electron chi connectivity index (χ2n) is 8.76. The number of hydrogen-bond donors (Lipinski definition) is 3. The topological polar surface area (TPSA) is 138 Å². The number of nitrogens with two attached hydrogens (primary N) is 1. The maximum atomic E-state index is 13.4. The van der Waals surface area contributed by atoms with E-state index in [0.717, 1.165) is 40.9 Å². The second kappa shape index (κ2) is 7.89. The van der Waals surface area contributed by atoms with Gasteiger partial charge in [0, 0.05) is 36.3 Å². The average molecular weight is 478 g/mol. The van der Waals surface area contributed by atoms with Crippen LogP contribution in [0.25, 0.3) is 56.1 Å². The first-order chi connectivity index (χ1) is 17.6. The largest absolute Gasteiger partial charge is 0.352 e. The van der Waals surface area contributed by atoms with Crippen molar-refractivity contribution in [1.82, 2.24) is 40.1 Å². The van der Waals surface area contributed by atoms with E-state index in [1.165, 1.54) is 12.1 Å². The summed E-state index contributed by atoms with van der Waals surface area (Å²) >= 11 is 0. The number of aromatic amines is 2. The number of anilines is 1. The van der Waals surface area contributed by atoms with E-state index in [1.54, 1.807) is 36.9 Å². The predicted octanol–water partition coefficient (Wildman–Crippen LogP) is 3.31. The minimum Gasteiger partial charge on any atom is -0.352 e. The van der Waals surface area contributed by atoms with Gasteiger partial charge in [-0.05, 0) is 36.4 Å². The molecule has 1 aliphatic heterocycles. The van der Waals surface area contributed by atoms with Gasteiger partial charge in [0.2, 0.25) is 0 Å². The molecule has 11 heteroatoms. The van der Waals surface area contributed by atoms with Crippen molar-refractivity contribution in [3.8, 4) is 34.2 Å². The van der Waals surface area contributed by atoms with Crippen molar-refractivity contribution < 1.29 is 4.39 Å². The lowest BCUT2D eigenvalue weighted by Crippen LogP contribution is -2.56. The van der Waals surface area contributed by atoms with E-state index in [9.17, 15) is 4.39 Å². The average Bonchev–Trinajstić information content (AvgIpc) is 3.51. The Balaban J connectivity index is 1.30. The van der Waals surface area contributed by atoms with Gasteiger partial charge in [0.25, 0.3) is 0 Å². The fraction of sp³-hybridized carbons (Fsp3) is 0.120. The Bertz CT molecular complexity index is 1730. The summed E-state index contributed by atoms with van der Waals surface area (Å²) in [7, 11) is 0. The molecule has 36 heavy (non-hydrogen) atoms. The third-order valence-electron chi connectivity index (χ3n) is 6.31. The third kappa shape index (κ3) is 3.36. The summed E-state index contributed by atoms with van der Waals surface area (Å²) in [6, 6.07) is 10.1. The summed E-state index contributed by atoms with van der Waals surface area (Å²) in [4.78, 5) is 28.4. The number of nitrogens with one attached hydrogen (secondary N) is 2. The Hall–Kier alpha value is -4.77. The van der Waals surface area contributed by atoms with Gasteiger partial charge in [-0.3, -0.25) is 20.1 Å². The van der Waals surface area contributed by atoms with Gasteiger partial charge < -0.3 is 15.6 Å². The number of hydrogen-bond acceptors (Lipinski definition) is 8. The molecular formula is C25H19FN10. The van der Waals surface area contributed by atoms with Gasteiger partial charge in [-0.15, -0.1) is 0 Å². The molecular weight excluding hydrogens is 459 g/mol. The number of imidazole rings is 1. The molecule has 0 radical (unpaired) electrons. The molecule has 1 aliphatic rings. The molecule has 6 heterocycles. The van der Waals surface area contributed by atoms with Crippen LogP contribution in [0.2, 0.25) is 0 Å². The molecule has 1 fully saturated rings. The number of pyridine rings is 2. The summed E-state index contributed by atoms with van der Waals surface area (Å²) in [6.07, 6.45) is 6.85. The molecule has 0 spiro atoms. The van der Waals surface area contributed by atoms with Crippen molar-refractivity contribution in [2.75, 3.05) is 18.0 Å². The Kier molecular flexibility index (Phi) is 4.51. The zero-order valence-electron chi connectivity index (χ0n) is 18.9. The van der Waals surface area contributed by atoms with E-state index >= 15 is 0 Å². The van der Waals surface area contributed by atoms with Crippen molar-refractivity contribution in [3.63, 3.8) is 0 Å². The SMILES string of the molecule is NC1CN(c2cncc(-c3cc4c(-c5nc6c(-c7ccc(F)cc7)nccc6[nH]5)n[nH]c4cn3)n2)C1. The zero-order chi connectivity index (χ0) is 24.2. The number of benzene rings is 1. The van der Waals surface area contributed by atoms with E-state index < -0.39 is 0 Å². The number of H-pyrrole nitrogens is 2. The van der Waals surface area contributed by atoms with Crippen molar-refractivity contribution in [1.29, 1.82) is 0 Å². The molecule has 6 aromatic rings. The number of nitrogens with zero attached hydrogens (tertiary/aromatic N) is 7. The van der Waals surface area contributed by atoms with Crippen LogP contribution in [0.15, 0.2) is 61.2 Å². The Labute approximate surface area is 203 Å². The van der Waals surface area contributed by atoms with Gasteiger partial charge in [0.15, 0.2) is 5.82 Å². The standard InChI is InChI=1S/C25H19FN10/c26-14-3-1-13(2-4-14)22-24-17(5-6-29-22)32-25(33-24)23-16-7-18(30-9-19(16)34-35-23)20-8-28-10-21(31-20)36-11-15(27)12-36/h1-10,15H,11-12,27H2,(H,32,33)(H,34,35). The monoisotopic (exact) mass is 478 g/mol. The van der Waals surface area contributed by atoms with Crippen LogP contribution in [0, 0.1) is 5.82 Å². The van der Waals surface area contributed by atoms with Crippen LogP contribution < -0.4 is 10.6 Å². The maximum Gasteiger partial charge on any atom is 0.159 e. The highest BCUT2D eigenvalue weighted by Gasteiger charge is 2.25. The predicted molar refractivity (Wildman–Crippen MR) is 133 cm³/mol. The normalized spacial score (nSPS) is 14.0. The lowest BCUT2D eigenvalue weighted by Gasteiger charge is -2.37. The summed E-state index contributed by atoms with van der Waals surface area (Å²) < 4.78 is 13.4. The molecule has 0 saturated carbocycles. The van der Waals surface area contributed by atoms with Gasteiger partial charge >= 0.3 is 0 Å². The molecule has 176 valence electrons. The van der Waals surface area contributed by atoms with Crippen molar-refractivity contribution in [3.05, 3.63) is 67.0 Å². The molecule has 0 bridgehead atoms. The van der Waals surface area contributed by atoms with Crippen LogP contribution >= 0.6 is 0 Å². The summed E-state index contributed by atoms with van der Waals surface area (Å²) in [5.41, 5.74) is 11.6. The van der Waals surface area contributed by atoms with E-state index in [2.05, 4.69) is 35.0 Å². The first-order valence-corrected chi connectivity index (χ1v) is 11.4. The van der Waals surface area contributed by atoms with Crippen LogP contribution in [0.3, 0.4) is 0 Å². The van der Waals surface area contributed by atoms with Gasteiger partial charge in [-0.25, -0.2) is 14.4 Å². The van der Waals surface area contributed by atoms with Crippen LogP contribution in [0.1, 0.15) is 0 Å². The quantitative estimate of drug-likeness (QED) is 0.351. The van der Waals surface area contributed by atoms with Crippen LogP contribution in [0.5, 0.6) is 0 Å². The maximum absolute atomic E-state index is 13.4. The van der Waals surface area contributed by atoms with Crippen LogP contribution in [-0.4, -0.2) is 59.2 Å². The molecule has 0 amide bonds. The smallest absolute Gasteiger partial charge is 0.159 e. The fourth-order valence-corrected chi connectivity index (χ4v) is 4.44. The molecule has 0 atom stereocenters. The van der Waals surface area contributed by atoms with E-state index in [1.807, 2.05) is 12.1 Å². The van der Waals surface area contributed by atoms with Crippen molar-refractivity contribution in [2.24, 2.45) is 5.73 Å². The highest BCUT2D eigenvalue weighted by Crippen LogP contribution is 2.31. The lowest BCUT2D eigenvalue weighted by molar-refractivity contribution is 0.514. The van der Waals surface area contributed by atoms with Crippen molar-refractivity contribution >= 4 is 27.8 Å². The molecule has 7 rings (SSSR count). The Morgan fingerprint density at radius 1 is 0.917 bits per heavy atom.